The van der Waals surface area contributed by atoms with Crippen LogP contribution < -0.4 is 14.4 Å². The zero-order chi connectivity index (χ0) is 20.6. The molecule has 1 fully saturated rings. The zero-order valence-electron chi connectivity index (χ0n) is 16.5. The lowest BCUT2D eigenvalue weighted by Gasteiger charge is -2.32. The molecule has 0 amide bonds. The number of aliphatic carboxylic acids is 1. The Bertz CT molecular complexity index is 808. The van der Waals surface area contributed by atoms with Gasteiger partial charge in [-0.1, -0.05) is 6.07 Å². The minimum Gasteiger partial charge on any atom is -0.494 e. The van der Waals surface area contributed by atoms with Crippen molar-refractivity contribution in [2.75, 3.05) is 31.7 Å². The number of halogens is 1. The molecule has 156 valence electrons. The van der Waals surface area contributed by atoms with Gasteiger partial charge >= 0.3 is 5.97 Å². The summed E-state index contributed by atoms with van der Waals surface area (Å²) in [6.45, 7) is 2.36. The highest BCUT2D eigenvalue weighted by Crippen LogP contribution is 2.25. The fourth-order valence-corrected chi connectivity index (χ4v) is 3.49. The number of carbonyl (C=O) groups is 1. The van der Waals surface area contributed by atoms with Crippen LogP contribution in [0.1, 0.15) is 31.2 Å². The summed E-state index contributed by atoms with van der Waals surface area (Å²) in [4.78, 5) is 21.6. The first-order valence-electron chi connectivity index (χ1n) is 9.79. The number of aromatic nitrogens is 2. The van der Waals surface area contributed by atoms with E-state index >= 15 is 0 Å². The van der Waals surface area contributed by atoms with E-state index in [1.807, 2.05) is 0 Å². The number of carboxylic acid groups (broad SMARTS) is 1. The average molecular weight is 403 g/mol. The fraction of sp³-hybridized carbons (Fsp3) is 0.476. The Labute approximate surface area is 169 Å². The maximum atomic E-state index is 13.9. The number of nitrogens with zero attached hydrogens (tertiary/aromatic N) is 3. The number of ether oxygens (including phenoxy) is 2. The van der Waals surface area contributed by atoms with Crippen LogP contribution in [0.4, 0.5) is 10.3 Å². The monoisotopic (exact) mass is 403 g/mol. The summed E-state index contributed by atoms with van der Waals surface area (Å²) in [5, 5.41) is 8.75. The lowest BCUT2D eigenvalue weighted by Crippen LogP contribution is -2.34. The number of anilines is 1. The van der Waals surface area contributed by atoms with Crippen molar-refractivity contribution < 1.29 is 23.8 Å². The molecule has 1 aromatic carbocycles. The summed E-state index contributed by atoms with van der Waals surface area (Å²) in [7, 11) is 1.60. The Balaban J connectivity index is 1.36. The van der Waals surface area contributed by atoms with Crippen molar-refractivity contribution >= 4 is 11.9 Å². The van der Waals surface area contributed by atoms with Gasteiger partial charge in [0.25, 0.3) is 0 Å². The van der Waals surface area contributed by atoms with Gasteiger partial charge in [-0.2, -0.15) is 0 Å². The third-order valence-corrected chi connectivity index (χ3v) is 5.14. The molecular weight excluding hydrogens is 377 g/mol. The number of hydrogen-bond acceptors (Lipinski definition) is 6. The van der Waals surface area contributed by atoms with Crippen molar-refractivity contribution in [1.82, 2.24) is 9.97 Å². The summed E-state index contributed by atoms with van der Waals surface area (Å²) < 4.78 is 24.6. The van der Waals surface area contributed by atoms with Gasteiger partial charge in [0.15, 0.2) is 5.75 Å². The molecule has 1 aliphatic heterocycles. The van der Waals surface area contributed by atoms with E-state index in [1.165, 1.54) is 12.1 Å². The first-order valence-corrected chi connectivity index (χ1v) is 9.79. The maximum absolute atomic E-state index is 13.9. The van der Waals surface area contributed by atoms with Gasteiger partial charge in [-0.05, 0) is 43.2 Å². The van der Waals surface area contributed by atoms with Crippen LogP contribution in [0.5, 0.6) is 11.5 Å². The standard InChI is InChI=1S/C21H26FN3O4/c1-28-18-13-23-21(24-14-18)25-8-6-15(7-9-25)3-2-10-29-17-5-4-16(11-20(26)27)19(22)12-17/h4-5,12-15H,2-3,6-11H2,1H3,(H,26,27). The molecule has 1 aliphatic rings. The molecule has 0 aliphatic carbocycles. The molecule has 0 saturated carbocycles. The number of carboxylic acids is 1. The molecule has 1 aromatic heterocycles. The molecule has 0 bridgehead atoms. The van der Waals surface area contributed by atoms with E-state index in [0.717, 1.165) is 44.7 Å². The zero-order valence-corrected chi connectivity index (χ0v) is 16.5. The number of hydrogen-bond donors (Lipinski definition) is 1. The van der Waals surface area contributed by atoms with E-state index in [1.54, 1.807) is 25.6 Å². The average Bonchev–Trinajstić information content (AvgIpc) is 2.73. The van der Waals surface area contributed by atoms with Gasteiger partial charge in [0.05, 0.1) is 32.5 Å². The second-order valence-electron chi connectivity index (χ2n) is 7.17. The minimum atomic E-state index is -1.05. The molecule has 0 spiro atoms. The molecule has 2 heterocycles. The van der Waals surface area contributed by atoms with E-state index in [9.17, 15) is 9.18 Å². The molecule has 0 unspecified atom stereocenters. The predicted molar refractivity (Wildman–Crippen MR) is 106 cm³/mol. The molecule has 1 N–H and O–H groups in total. The third-order valence-electron chi connectivity index (χ3n) is 5.14. The van der Waals surface area contributed by atoms with Gasteiger partial charge in [0.2, 0.25) is 5.95 Å². The molecule has 2 aromatic rings. The van der Waals surface area contributed by atoms with E-state index in [2.05, 4.69) is 14.9 Å². The Morgan fingerprint density at radius 3 is 2.59 bits per heavy atom. The highest BCUT2D eigenvalue weighted by Gasteiger charge is 2.20. The molecule has 8 heteroatoms. The first-order chi connectivity index (χ1) is 14.0. The normalized spacial score (nSPS) is 14.6. The van der Waals surface area contributed by atoms with Crippen LogP contribution in [0.15, 0.2) is 30.6 Å². The molecule has 29 heavy (non-hydrogen) atoms. The Kier molecular flexibility index (Phi) is 7.21. The second-order valence-corrected chi connectivity index (χ2v) is 7.17. The highest BCUT2D eigenvalue weighted by molar-refractivity contribution is 5.70. The first kappa shape index (κ1) is 20.8. The summed E-state index contributed by atoms with van der Waals surface area (Å²) in [6.07, 6.45) is 7.14. The second kappa shape index (κ2) is 10.0. The fourth-order valence-electron chi connectivity index (χ4n) is 3.49. The molecule has 3 rings (SSSR count). The van der Waals surface area contributed by atoms with Crippen LogP contribution >= 0.6 is 0 Å². The Morgan fingerprint density at radius 2 is 1.97 bits per heavy atom. The van der Waals surface area contributed by atoms with Crippen molar-refractivity contribution in [2.24, 2.45) is 5.92 Å². The molecule has 0 atom stereocenters. The van der Waals surface area contributed by atoms with E-state index in [4.69, 9.17) is 14.6 Å². The van der Waals surface area contributed by atoms with Gasteiger partial charge in [-0.25, -0.2) is 14.4 Å². The van der Waals surface area contributed by atoms with Gasteiger partial charge in [0.1, 0.15) is 11.6 Å². The third kappa shape index (κ3) is 6.04. The van der Waals surface area contributed by atoms with Crippen molar-refractivity contribution in [3.8, 4) is 11.5 Å². The minimum absolute atomic E-state index is 0.164. The van der Waals surface area contributed by atoms with E-state index in [-0.39, 0.29) is 12.0 Å². The van der Waals surface area contributed by atoms with Crippen LogP contribution in [0.2, 0.25) is 0 Å². The molecule has 7 nitrogen and oxygen atoms in total. The van der Waals surface area contributed by atoms with E-state index in [0.29, 0.717) is 24.0 Å². The summed E-state index contributed by atoms with van der Waals surface area (Å²) in [6, 6.07) is 4.34. The van der Waals surface area contributed by atoms with Crippen molar-refractivity contribution in [2.45, 2.75) is 32.1 Å². The van der Waals surface area contributed by atoms with Crippen molar-refractivity contribution in [3.63, 3.8) is 0 Å². The van der Waals surface area contributed by atoms with Crippen LogP contribution in [0.3, 0.4) is 0 Å². The summed E-state index contributed by atoms with van der Waals surface area (Å²) >= 11 is 0. The summed E-state index contributed by atoms with van der Waals surface area (Å²) in [5.74, 6) is 0.854. The van der Waals surface area contributed by atoms with E-state index < -0.39 is 11.8 Å². The van der Waals surface area contributed by atoms with Crippen molar-refractivity contribution in [1.29, 1.82) is 0 Å². The molecule has 1 saturated heterocycles. The number of rotatable bonds is 9. The molecular formula is C21H26FN3O4. The largest absolute Gasteiger partial charge is 0.494 e. The molecule has 0 radical (unpaired) electrons. The van der Waals surface area contributed by atoms with Gasteiger partial charge in [-0.15, -0.1) is 0 Å². The lowest BCUT2D eigenvalue weighted by atomic mass is 9.92. The predicted octanol–water partition coefficient (Wildman–Crippen LogP) is 3.33. The highest BCUT2D eigenvalue weighted by atomic mass is 19.1. The van der Waals surface area contributed by atoms with Crippen LogP contribution in [0, 0.1) is 11.7 Å². The smallest absolute Gasteiger partial charge is 0.307 e. The number of methoxy groups -OCH3 is 1. The number of piperidine rings is 1. The number of benzene rings is 1. The van der Waals surface area contributed by atoms with Crippen LogP contribution in [-0.2, 0) is 11.2 Å². The quantitative estimate of drug-likeness (QED) is 0.643. The Morgan fingerprint density at radius 1 is 1.24 bits per heavy atom. The Hall–Kier alpha value is -2.90. The van der Waals surface area contributed by atoms with Crippen LogP contribution in [-0.4, -0.2) is 47.8 Å². The summed E-state index contributed by atoms with van der Waals surface area (Å²) in [5.41, 5.74) is 0.164. The topological polar surface area (TPSA) is 84.8 Å². The van der Waals surface area contributed by atoms with Crippen LogP contribution in [0.25, 0.3) is 0 Å². The van der Waals surface area contributed by atoms with Gasteiger partial charge < -0.3 is 19.5 Å². The maximum Gasteiger partial charge on any atom is 0.307 e. The van der Waals surface area contributed by atoms with Gasteiger partial charge in [0, 0.05) is 19.2 Å². The SMILES string of the molecule is COc1cnc(N2CCC(CCCOc3ccc(CC(=O)O)c(F)c3)CC2)nc1. The van der Waals surface area contributed by atoms with Gasteiger partial charge in [-0.3, -0.25) is 4.79 Å². The lowest BCUT2D eigenvalue weighted by molar-refractivity contribution is -0.136. The van der Waals surface area contributed by atoms with Crippen molar-refractivity contribution in [3.05, 3.63) is 42.0 Å².